The normalized spacial score (nSPS) is 25.0. The molecular weight excluding hydrogens is 417 g/mol. The lowest BCUT2D eigenvalue weighted by atomic mass is 9.63. The van der Waals surface area contributed by atoms with E-state index in [0.29, 0.717) is 19.8 Å². The highest BCUT2D eigenvalue weighted by molar-refractivity contribution is 7.58. The maximum Gasteiger partial charge on any atom is 0.310 e. The molecule has 2 aliphatic rings. The Balaban J connectivity index is 1.50. The van der Waals surface area contributed by atoms with Crippen LogP contribution in [0.3, 0.4) is 0 Å². The number of likely N-dealkylation sites (N-methyl/N-ethyl adjacent to an activating group) is 1. The van der Waals surface area contributed by atoms with Gasteiger partial charge in [-0.3, -0.25) is 0 Å². The second-order valence-electron chi connectivity index (χ2n) is 10.6. The monoisotopic (exact) mass is 454 g/mol. The highest BCUT2D eigenvalue weighted by Crippen LogP contribution is 2.62. The van der Waals surface area contributed by atoms with Gasteiger partial charge >= 0.3 is 8.09 Å². The van der Waals surface area contributed by atoms with Gasteiger partial charge in [0.15, 0.2) is 0 Å². The SMILES string of the molecule is CC(=Cc1ccc(CO[P]2(O)OCCN2C)cc1)c1ccc2c(c1)C(C)(C)CCC2(C)C. The molecule has 1 atom stereocenters. The van der Waals surface area contributed by atoms with Gasteiger partial charge in [0.2, 0.25) is 0 Å². The van der Waals surface area contributed by atoms with Crippen LogP contribution < -0.4 is 0 Å². The Labute approximate surface area is 193 Å². The summed E-state index contributed by atoms with van der Waals surface area (Å²) in [4.78, 5) is 10.5. The van der Waals surface area contributed by atoms with Crippen LogP contribution >= 0.6 is 8.09 Å². The minimum Gasteiger partial charge on any atom is -0.324 e. The molecule has 173 valence electrons. The van der Waals surface area contributed by atoms with Crippen LogP contribution in [0.5, 0.6) is 0 Å². The van der Waals surface area contributed by atoms with Crippen molar-refractivity contribution in [1.29, 1.82) is 0 Å². The van der Waals surface area contributed by atoms with Gasteiger partial charge in [-0.1, -0.05) is 76.2 Å². The van der Waals surface area contributed by atoms with Crippen molar-refractivity contribution in [1.82, 2.24) is 4.67 Å². The highest BCUT2D eigenvalue weighted by Gasteiger charge is 2.39. The van der Waals surface area contributed by atoms with Crippen molar-refractivity contribution >= 4 is 19.7 Å². The Hall–Kier alpha value is -1.55. The molecule has 1 saturated heterocycles. The van der Waals surface area contributed by atoms with Crippen molar-refractivity contribution in [2.24, 2.45) is 0 Å². The van der Waals surface area contributed by atoms with E-state index >= 15 is 0 Å². The van der Waals surface area contributed by atoms with Gasteiger partial charge in [0.25, 0.3) is 0 Å². The first-order valence-corrected chi connectivity index (χ1v) is 13.1. The summed E-state index contributed by atoms with van der Waals surface area (Å²) >= 11 is 0. The summed E-state index contributed by atoms with van der Waals surface area (Å²) in [6.45, 7) is 13.2. The molecule has 0 saturated carbocycles. The van der Waals surface area contributed by atoms with Crippen LogP contribution in [-0.4, -0.2) is 29.8 Å². The van der Waals surface area contributed by atoms with Gasteiger partial charge in [-0.25, -0.2) is 4.67 Å². The first-order chi connectivity index (χ1) is 15.0. The zero-order chi connectivity index (χ0) is 23.1. The zero-order valence-corrected chi connectivity index (χ0v) is 21.2. The number of benzene rings is 2. The molecule has 0 aromatic heterocycles. The molecular formula is C27H37NO3P. The van der Waals surface area contributed by atoms with Gasteiger partial charge < -0.3 is 13.9 Å². The fourth-order valence-electron chi connectivity index (χ4n) is 4.69. The van der Waals surface area contributed by atoms with Crippen molar-refractivity contribution < 1.29 is 13.9 Å². The summed E-state index contributed by atoms with van der Waals surface area (Å²) in [7, 11) is -1.03. The molecule has 0 amide bonds. The number of allylic oxidation sites excluding steroid dienone is 1. The lowest BCUT2D eigenvalue weighted by Gasteiger charge is -2.42. The van der Waals surface area contributed by atoms with Gasteiger partial charge in [0.1, 0.15) is 0 Å². The van der Waals surface area contributed by atoms with Crippen LogP contribution in [0.15, 0.2) is 42.5 Å². The predicted octanol–water partition coefficient (Wildman–Crippen LogP) is 6.74. The van der Waals surface area contributed by atoms with Gasteiger partial charge in [0, 0.05) is 6.54 Å². The summed E-state index contributed by atoms with van der Waals surface area (Å²) in [5.41, 5.74) is 8.18. The van der Waals surface area contributed by atoms with Gasteiger partial charge in [-0.15, -0.1) is 0 Å². The van der Waals surface area contributed by atoms with Crippen molar-refractivity contribution in [2.45, 2.75) is 64.9 Å². The molecule has 1 heterocycles. The summed E-state index contributed by atoms with van der Waals surface area (Å²) < 4.78 is 12.9. The lowest BCUT2D eigenvalue weighted by molar-refractivity contribution is 0.177. The molecule has 4 nitrogen and oxygen atoms in total. The average molecular weight is 455 g/mol. The second kappa shape index (κ2) is 8.66. The van der Waals surface area contributed by atoms with E-state index in [-0.39, 0.29) is 10.8 Å². The van der Waals surface area contributed by atoms with E-state index in [1.54, 1.807) is 4.67 Å². The molecule has 1 N–H and O–H groups in total. The Kier molecular flexibility index (Phi) is 6.39. The number of fused-ring (bicyclic) bond motifs is 1. The molecule has 2 aromatic rings. The van der Waals surface area contributed by atoms with Gasteiger partial charge in [0.05, 0.1) is 13.2 Å². The number of hydrogen-bond acceptors (Lipinski definition) is 4. The lowest BCUT2D eigenvalue weighted by Crippen LogP contribution is -2.33. The highest BCUT2D eigenvalue weighted by atomic mass is 31.2. The van der Waals surface area contributed by atoms with E-state index in [9.17, 15) is 4.89 Å². The minimum absolute atomic E-state index is 0.215. The van der Waals surface area contributed by atoms with E-state index < -0.39 is 8.09 Å². The topological polar surface area (TPSA) is 41.9 Å². The van der Waals surface area contributed by atoms with Crippen molar-refractivity contribution in [3.05, 3.63) is 70.3 Å². The quantitative estimate of drug-likeness (QED) is 0.401. The van der Waals surface area contributed by atoms with Crippen LogP contribution in [0.25, 0.3) is 11.6 Å². The maximum atomic E-state index is 10.5. The molecule has 1 unspecified atom stereocenters. The molecule has 32 heavy (non-hydrogen) atoms. The molecule has 0 bridgehead atoms. The summed E-state index contributed by atoms with van der Waals surface area (Å²) in [5, 5.41) is 0. The van der Waals surface area contributed by atoms with Crippen molar-refractivity contribution in [3.8, 4) is 0 Å². The second-order valence-corrected chi connectivity index (χ2v) is 12.8. The summed E-state index contributed by atoms with van der Waals surface area (Å²) in [6.07, 6.45) is 4.70. The average Bonchev–Trinajstić information content (AvgIpc) is 3.09. The van der Waals surface area contributed by atoms with Crippen molar-refractivity contribution in [2.75, 3.05) is 20.2 Å². The van der Waals surface area contributed by atoms with Gasteiger partial charge in [-0.05, 0) is 71.0 Å². The largest absolute Gasteiger partial charge is 0.324 e. The van der Waals surface area contributed by atoms with E-state index in [1.165, 1.54) is 35.1 Å². The summed E-state index contributed by atoms with van der Waals surface area (Å²) in [5.74, 6) is 0. The van der Waals surface area contributed by atoms with Crippen LogP contribution in [0.2, 0.25) is 0 Å². The molecule has 1 aliphatic heterocycles. The van der Waals surface area contributed by atoms with E-state index in [2.05, 4.69) is 83.2 Å². The minimum atomic E-state index is -2.86. The predicted molar refractivity (Wildman–Crippen MR) is 134 cm³/mol. The van der Waals surface area contributed by atoms with Crippen molar-refractivity contribution in [3.63, 3.8) is 0 Å². The Morgan fingerprint density at radius 2 is 1.72 bits per heavy atom. The fourth-order valence-corrected chi connectivity index (χ4v) is 6.13. The van der Waals surface area contributed by atoms with Crippen LogP contribution in [0.4, 0.5) is 0 Å². The Morgan fingerprint density at radius 1 is 1.06 bits per heavy atom. The van der Waals surface area contributed by atoms with E-state index in [0.717, 1.165) is 11.1 Å². The molecule has 1 radical (unpaired) electrons. The third-order valence-electron chi connectivity index (χ3n) is 7.18. The molecule has 1 fully saturated rings. The van der Waals surface area contributed by atoms with Crippen LogP contribution in [0.1, 0.15) is 75.3 Å². The number of hydrogen-bond donors (Lipinski definition) is 1. The third-order valence-corrected chi connectivity index (χ3v) is 9.22. The fraction of sp³-hybridized carbons (Fsp3) is 0.481. The molecule has 0 spiro atoms. The first kappa shape index (κ1) is 23.6. The molecule has 1 aliphatic carbocycles. The first-order valence-electron chi connectivity index (χ1n) is 11.6. The zero-order valence-electron chi connectivity index (χ0n) is 20.3. The maximum absolute atomic E-state index is 10.5. The molecule has 5 heteroatoms. The standard InChI is InChI=1S/C27H37NO3P/c1-20(23-11-12-24-25(18-23)27(4,5)14-13-26(24,2)3)17-21-7-9-22(10-8-21)19-31-32(29)28(6)15-16-30-32/h7-12,17-18,29H,13-16,19H2,1-6H3. The Bertz CT molecular complexity index is 1010. The molecule has 2 aromatic carbocycles. The smallest absolute Gasteiger partial charge is 0.310 e. The Morgan fingerprint density at radius 3 is 2.34 bits per heavy atom. The third kappa shape index (κ3) is 4.71. The number of rotatable bonds is 5. The van der Waals surface area contributed by atoms with Gasteiger partial charge in [-0.2, -0.15) is 0 Å². The van der Waals surface area contributed by atoms with Crippen LogP contribution in [0, 0.1) is 0 Å². The molecule has 4 rings (SSSR count). The van der Waals surface area contributed by atoms with E-state index in [1.807, 2.05) is 7.05 Å². The van der Waals surface area contributed by atoms with E-state index in [4.69, 9.17) is 9.05 Å². The van der Waals surface area contributed by atoms with Crippen LogP contribution in [-0.2, 0) is 26.5 Å². The summed E-state index contributed by atoms with van der Waals surface area (Å²) in [6, 6.07) is 15.4. The number of nitrogens with zero attached hydrogens (tertiary/aromatic N) is 1.